The van der Waals surface area contributed by atoms with Gasteiger partial charge in [0.25, 0.3) is 0 Å². The molecule has 1 aromatic carbocycles. The molecule has 0 spiro atoms. The van der Waals surface area contributed by atoms with Crippen molar-refractivity contribution in [3.63, 3.8) is 0 Å². The number of esters is 1. The Morgan fingerprint density at radius 3 is 1.94 bits per heavy atom. The van der Waals surface area contributed by atoms with Crippen LogP contribution in [0.5, 0.6) is 11.5 Å². The highest BCUT2D eigenvalue weighted by molar-refractivity contribution is 5.89. The molecule has 0 radical (unpaired) electrons. The quantitative estimate of drug-likeness (QED) is 0.119. The van der Waals surface area contributed by atoms with E-state index in [2.05, 4.69) is 18.8 Å². The summed E-state index contributed by atoms with van der Waals surface area (Å²) in [7, 11) is 0. The maximum Gasteiger partial charge on any atom is 0.362 e. The minimum Gasteiger partial charge on any atom is -0.490 e. The van der Waals surface area contributed by atoms with Gasteiger partial charge in [0.2, 0.25) is 11.6 Å². The Hall–Kier alpha value is -2.50. The van der Waals surface area contributed by atoms with Gasteiger partial charge < -0.3 is 9.47 Å². The third-order valence-electron chi connectivity index (χ3n) is 6.07. The highest BCUT2D eigenvalue weighted by Crippen LogP contribution is 2.28. The number of hydrogen-bond donors (Lipinski definition) is 0. The number of aromatic nitrogens is 1. The predicted octanol–water partition coefficient (Wildman–Crippen LogP) is 8.61. The van der Waals surface area contributed by atoms with Gasteiger partial charge in [0, 0.05) is 6.20 Å². The third-order valence-corrected chi connectivity index (χ3v) is 6.07. The van der Waals surface area contributed by atoms with E-state index >= 15 is 0 Å². The van der Waals surface area contributed by atoms with Crippen LogP contribution < -0.4 is 9.47 Å². The van der Waals surface area contributed by atoms with Crippen molar-refractivity contribution in [2.45, 2.75) is 104 Å². The maximum absolute atomic E-state index is 14.5. The van der Waals surface area contributed by atoms with Crippen LogP contribution in [0.2, 0.25) is 0 Å². The van der Waals surface area contributed by atoms with Gasteiger partial charge in [0.15, 0.2) is 11.5 Å². The van der Waals surface area contributed by atoms with Crippen LogP contribution in [0.25, 0.3) is 0 Å². The third kappa shape index (κ3) is 10.7. The Kier molecular flexibility index (Phi) is 14.0. The number of carbonyl (C=O) groups is 1. The van der Waals surface area contributed by atoms with Crippen LogP contribution in [-0.4, -0.2) is 17.6 Å². The van der Waals surface area contributed by atoms with Gasteiger partial charge in [-0.3, -0.25) is 0 Å². The molecular weight excluding hydrogens is 448 g/mol. The van der Waals surface area contributed by atoms with Crippen LogP contribution in [0.4, 0.5) is 8.78 Å². The number of hydrogen-bond acceptors (Lipinski definition) is 4. The summed E-state index contributed by atoms with van der Waals surface area (Å²) in [5, 5.41) is 0. The second kappa shape index (κ2) is 17.0. The van der Waals surface area contributed by atoms with Gasteiger partial charge in [-0.1, -0.05) is 90.5 Å². The predicted molar refractivity (Wildman–Crippen MR) is 136 cm³/mol. The normalized spacial score (nSPS) is 11.0. The molecule has 0 unspecified atom stereocenters. The number of aryl methyl sites for hydroxylation is 1. The van der Waals surface area contributed by atoms with E-state index in [1.165, 1.54) is 69.9 Å². The number of carbonyl (C=O) groups excluding carboxylic acids is 1. The first-order chi connectivity index (χ1) is 17.1. The molecule has 0 aliphatic rings. The first-order valence-electron chi connectivity index (χ1n) is 13.3. The Labute approximate surface area is 209 Å². The number of pyridine rings is 1. The van der Waals surface area contributed by atoms with Crippen molar-refractivity contribution in [1.29, 1.82) is 0 Å². The summed E-state index contributed by atoms with van der Waals surface area (Å²) in [6, 6.07) is 5.88. The molecule has 6 heteroatoms. The van der Waals surface area contributed by atoms with E-state index in [1.54, 1.807) is 12.3 Å². The average Bonchev–Trinajstić information content (AvgIpc) is 2.87. The van der Waals surface area contributed by atoms with E-state index in [4.69, 9.17) is 9.47 Å². The van der Waals surface area contributed by atoms with Crippen LogP contribution >= 0.6 is 0 Å². The molecule has 0 fully saturated rings. The number of rotatable bonds is 18. The minimum atomic E-state index is -1.24. The van der Waals surface area contributed by atoms with Crippen LogP contribution in [-0.2, 0) is 6.42 Å². The van der Waals surface area contributed by atoms with Crippen LogP contribution in [0.3, 0.4) is 0 Å². The lowest BCUT2D eigenvalue weighted by Gasteiger charge is -2.10. The van der Waals surface area contributed by atoms with Gasteiger partial charge in [-0.15, -0.1) is 0 Å². The lowest BCUT2D eigenvalue weighted by atomic mass is 10.1. The Morgan fingerprint density at radius 2 is 1.31 bits per heavy atom. The van der Waals surface area contributed by atoms with E-state index in [0.29, 0.717) is 6.61 Å². The average molecular weight is 490 g/mol. The fraction of sp³-hybridized carbons (Fsp3) is 0.586. The number of ether oxygens (including phenoxy) is 2. The second-order valence-corrected chi connectivity index (χ2v) is 9.12. The fourth-order valence-electron chi connectivity index (χ4n) is 3.90. The summed E-state index contributed by atoms with van der Waals surface area (Å²) in [6.07, 6.45) is 17.6. The molecular formula is C29H41F2NO3. The zero-order valence-corrected chi connectivity index (χ0v) is 21.4. The maximum atomic E-state index is 14.5. The first-order valence-corrected chi connectivity index (χ1v) is 13.3. The molecule has 0 bridgehead atoms. The first kappa shape index (κ1) is 28.7. The number of benzene rings is 1. The fourth-order valence-corrected chi connectivity index (χ4v) is 3.90. The molecule has 4 nitrogen and oxygen atoms in total. The summed E-state index contributed by atoms with van der Waals surface area (Å²) in [5.41, 5.74) is 1.09. The number of halogens is 2. The molecule has 2 aromatic rings. The van der Waals surface area contributed by atoms with E-state index in [-0.39, 0.29) is 11.4 Å². The zero-order chi connectivity index (χ0) is 25.3. The van der Waals surface area contributed by atoms with Gasteiger partial charge in [0.1, 0.15) is 5.69 Å². The van der Waals surface area contributed by atoms with Gasteiger partial charge in [0.05, 0.1) is 6.61 Å². The molecule has 35 heavy (non-hydrogen) atoms. The lowest BCUT2D eigenvalue weighted by Crippen LogP contribution is -2.12. The molecule has 0 aliphatic heterocycles. The summed E-state index contributed by atoms with van der Waals surface area (Å²) in [5.74, 6) is -3.87. The summed E-state index contributed by atoms with van der Waals surface area (Å²) in [6.45, 7) is 4.70. The molecule has 0 saturated heterocycles. The molecule has 194 valence electrons. The van der Waals surface area contributed by atoms with E-state index < -0.39 is 23.4 Å². The minimum absolute atomic E-state index is 0.0505. The number of unbranched alkanes of at least 4 members (excludes halogenated alkanes) is 11. The van der Waals surface area contributed by atoms with Crippen molar-refractivity contribution < 1.29 is 23.0 Å². The molecule has 0 amide bonds. The SMILES string of the molecule is CCCCCCCCCCOc1ccc(OC(=O)c2ccc(CCCCCCC)cn2)c(F)c1F. The van der Waals surface area contributed by atoms with Crippen molar-refractivity contribution in [1.82, 2.24) is 4.98 Å². The molecule has 1 heterocycles. The monoisotopic (exact) mass is 489 g/mol. The molecule has 0 aliphatic carbocycles. The van der Waals surface area contributed by atoms with Gasteiger partial charge in [-0.2, -0.15) is 8.78 Å². The Morgan fingerprint density at radius 1 is 0.743 bits per heavy atom. The van der Waals surface area contributed by atoms with Crippen molar-refractivity contribution in [3.05, 3.63) is 53.4 Å². The van der Waals surface area contributed by atoms with Gasteiger partial charge >= 0.3 is 5.97 Å². The molecule has 2 rings (SSSR count). The van der Waals surface area contributed by atoms with Crippen LogP contribution in [0.1, 0.15) is 113 Å². The number of nitrogens with zero attached hydrogens (tertiary/aromatic N) is 1. The second-order valence-electron chi connectivity index (χ2n) is 9.12. The van der Waals surface area contributed by atoms with Crippen molar-refractivity contribution in [2.24, 2.45) is 0 Å². The summed E-state index contributed by atoms with van der Waals surface area (Å²) < 4.78 is 39.3. The highest BCUT2D eigenvalue weighted by Gasteiger charge is 2.19. The Balaban J connectivity index is 1.77. The molecule has 1 aromatic heterocycles. The summed E-state index contributed by atoms with van der Waals surface area (Å²) in [4.78, 5) is 16.5. The van der Waals surface area contributed by atoms with E-state index in [1.807, 2.05) is 6.07 Å². The molecule has 0 saturated carbocycles. The smallest absolute Gasteiger partial charge is 0.362 e. The van der Waals surface area contributed by atoms with E-state index in [0.717, 1.165) is 37.7 Å². The van der Waals surface area contributed by atoms with Crippen LogP contribution in [0, 0.1) is 11.6 Å². The molecule has 0 atom stereocenters. The van der Waals surface area contributed by atoms with Crippen molar-refractivity contribution in [2.75, 3.05) is 6.61 Å². The highest BCUT2D eigenvalue weighted by atomic mass is 19.2. The molecule has 0 N–H and O–H groups in total. The van der Waals surface area contributed by atoms with Crippen LogP contribution in [0.15, 0.2) is 30.5 Å². The van der Waals surface area contributed by atoms with Crippen molar-refractivity contribution in [3.8, 4) is 11.5 Å². The largest absolute Gasteiger partial charge is 0.490 e. The van der Waals surface area contributed by atoms with Gasteiger partial charge in [-0.05, 0) is 43.0 Å². The Bertz CT molecular complexity index is 871. The standard InChI is InChI=1S/C29H41F2NO3/c1-3-5-7-9-10-11-13-15-21-34-25-19-20-26(28(31)27(25)30)35-29(33)24-18-17-23(22-32-24)16-14-12-8-6-4-2/h17-20,22H,3-16,21H2,1-2H3. The van der Waals surface area contributed by atoms with Gasteiger partial charge in [-0.25, -0.2) is 9.78 Å². The zero-order valence-electron chi connectivity index (χ0n) is 21.4. The van der Waals surface area contributed by atoms with E-state index in [9.17, 15) is 13.6 Å². The lowest BCUT2D eigenvalue weighted by molar-refractivity contribution is 0.0720. The topological polar surface area (TPSA) is 48.4 Å². The summed E-state index contributed by atoms with van der Waals surface area (Å²) >= 11 is 0. The van der Waals surface area contributed by atoms with Crippen molar-refractivity contribution >= 4 is 5.97 Å².